The quantitative estimate of drug-likeness (QED) is 0.665. The number of hydrogen-bond acceptors (Lipinski definition) is 3. The highest BCUT2D eigenvalue weighted by Crippen LogP contribution is 2.39. The predicted octanol–water partition coefficient (Wildman–Crippen LogP) is 2.98. The van der Waals surface area contributed by atoms with E-state index in [1.165, 1.54) is 6.07 Å². The van der Waals surface area contributed by atoms with Crippen LogP contribution >= 0.6 is 12.2 Å². The number of nitrogens with one attached hydrogen (secondary N) is 1. The van der Waals surface area contributed by atoms with Crippen LogP contribution in [0.15, 0.2) is 67.0 Å². The number of benzene rings is 1. The van der Waals surface area contributed by atoms with Gasteiger partial charge in [-0.3, -0.25) is 4.98 Å². The highest BCUT2D eigenvalue weighted by Gasteiger charge is 2.41. The number of para-hydroxylation sites is 1. The standard InChI is InChI=1S/C20H19FN4OS/c21-14-6-1-2-8-16(14)24-11-5-9-17(24)19-18(15-7-3-4-10-22-15)23-20(27)25(19)12-13-26/h1-11,18-19,26H,12-13H2,(H,23,27)/t18-,19+/m0/s1. The van der Waals surface area contributed by atoms with Crippen LogP contribution in [0.25, 0.3) is 5.69 Å². The molecule has 5 nitrogen and oxygen atoms in total. The topological polar surface area (TPSA) is 53.3 Å². The number of nitrogens with zero attached hydrogens (tertiary/aromatic N) is 3. The van der Waals surface area contributed by atoms with Crippen molar-refractivity contribution in [1.82, 2.24) is 19.8 Å². The van der Waals surface area contributed by atoms with Gasteiger partial charge in [-0.05, 0) is 48.6 Å². The van der Waals surface area contributed by atoms with Gasteiger partial charge in [0.1, 0.15) is 5.82 Å². The molecular weight excluding hydrogens is 363 g/mol. The molecule has 1 aliphatic heterocycles. The van der Waals surface area contributed by atoms with Gasteiger partial charge in [0.25, 0.3) is 0 Å². The second-order valence-corrected chi connectivity index (χ2v) is 6.68. The zero-order chi connectivity index (χ0) is 18.8. The zero-order valence-electron chi connectivity index (χ0n) is 14.5. The Hall–Kier alpha value is -2.77. The van der Waals surface area contributed by atoms with Gasteiger partial charge in [-0.15, -0.1) is 0 Å². The Bertz CT molecular complexity index is 946. The van der Waals surface area contributed by atoms with Gasteiger partial charge in [0.15, 0.2) is 5.11 Å². The summed E-state index contributed by atoms with van der Waals surface area (Å²) in [5.41, 5.74) is 2.18. The van der Waals surface area contributed by atoms with Crippen molar-refractivity contribution in [2.45, 2.75) is 12.1 Å². The van der Waals surface area contributed by atoms with Crippen molar-refractivity contribution < 1.29 is 9.50 Å². The van der Waals surface area contributed by atoms with Gasteiger partial charge in [-0.1, -0.05) is 18.2 Å². The van der Waals surface area contributed by atoms with Crippen molar-refractivity contribution in [3.05, 3.63) is 84.2 Å². The molecule has 0 radical (unpaired) electrons. The summed E-state index contributed by atoms with van der Waals surface area (Å²) in [4.78, 5) is 6.41. The van der Waals surface area contributed by atoms with Gasteiger partial charge >= 0.3 is 0 Å². The van der Waals surface area contributed by atoms with Gasteiger partial charge in [0, 0.05) is 24.6 Å². The first-order valence-electron chi connectivity index (χ1n) is 8.72. The minimum Gasteiger partial charge on any atom is -0.395 e. The number of hydrogen-bond donors (Lipinski definition) is 2. The molecule has 3 heterocycles. The first kappa shape index (κ1) is 17.6. The van der Waals surface area contributed by atoms with Gasteiger partial charge in [-0.25, -0.2) is 4.39 Å². The number of β-amino-alcohol motifs (C(OH)–C–C–N with tert-alkyl or cyclic N) is 1. The Morgan fingerprint density at radius 2 is 1.93 bits per heavy atom. The van der Waals surface area contributed by atoms with E-state index in [0.717, 1.165) is 11.4 Å². The Morgan fingerprint density at radius 3 is 2.67 bits per heavy atom. The molecule has 1 aliphatic rings. The number of halogens is 1. The van der Waals surface area contributed by atoms with E-state index in [2.05, 4.69) is 10.3 Å². The maximum atomic E-state index is 14.4. The Balaban J connectivity index is 1.83. The lowest BCUT2D eigenvalue weighted by Gasteiger charge is -2.28. The molecule has 0 aliphatic carbocycles. The van der Waals surface area contributed by atoms with Crippen LogP contribution in [0, 0.1) is 5.82 Å². The molecule has 2 N–H and O–H groups in total. The van der Waals surface area contributed by atoms with Crippen molar-refractivity contribution >= 4 is 17.3 Å². The number of aliphatic hydroxyl groups is 1. The summed E-state index contributed by atoms with van der Waals surface area (Å²) in [5.74, 6) is -0.299. The average molecular weight is 382 g/mol. The largest absolute Gasteiger partial charge is 0.395 e. The van der Waals surface area contributed by atoms with Gasteiger partial charge in [0.2, 0.25) is 0 Å². The number of aromatic nitrogens is 2. The van der Waals surface area contributed by atoms with Crippen LogP contribution < -0.4 is 5.32 Å². The fraction of sp³-hybridized carbons (Fsp3) is 0.200. The fourth-order valence-electron chi connectivity index (χ4n) is 3.58. The lowest BCUT2D eigenvalue weighted by molar-refractivity contribution is 0.220. The minimum absolute atomic E-state index is 0.0341. The number of aliphatic hydroxyl groups excluding tert-OH is 1. The third-order valence-electron chi connectivity index (χ3n) is 4.73. The highest BCUT2D eigenvalue weighted by molar-refractivity contribution is 7.80. The van der Waals surface area contributed by atoms with Crippen LogP contribution in [-0.2, 0) is 0 Å². The molecule has 0 bridgehead atoms. The molecule has 2 aromatic heterocycles. The van der Waals surface area contributed by atoms with E-state index in [9.17, 15) is 9.50 Å². The van der Waals surface area contributed by atoms with Crippen LogP contribution in [0.4, 0.5) is 4.39 Å². The predicted molar refractivity (Wildman–Crippen MR) is 105 cm³/mol. The fourth-order valence-corrected chi connectivity index (χ4v) is 3.91. The van der Waals surface area contributed by atoms with Crippen LogP contribution in [0.3, 0.4) is 0 Å². The normalized spacial score (nSPS) is 19.3. The van der Waals surface area contributed by atoms with Crippen molar-refractivity contribution in [3.8, 4) is 5.69 Å². The first-order valence-corrected chi connectivity index (χ1v) is 9.12. The van der Waals surface area contributed by atoms with E-state index in [0.29, 0.717) is 17.3 Å². The summed E-state index contributed by atoms with van der Waals surface area (Å²) >= 11 is 5.51. The van der Waals surface area contributed by atoms with Crippen molar-refractivity contribution in [3.63, 3.8) is 0 Å². The monoisotopic (exact) mass is 382 g/mol. The Morgan fingerprint density at radius 1 is 1.11 bits per heavy atom. The van der Waals surface area contributed by atoms with Crippen LogP contribution in [0.5, 0.6) is 0 Å². The van der Waals surface area contributed by atoms with E-state index in [-0.39, 0.29) is 24.5 Å². The molecule has 0 saturated carbocycles. The lowest BCUT2D eigenvalue weighted by atomic mass is 10.0. The zero-order valence-corrected chi connectivity index (χ0v) is 15.3. The second-order valence-electron chi connectivity index (χ2n) is 6.30. The SMILES string of the molecule is OCCN1C(=S)N[C@@H](c2ccccn2)[C@H]1c1cccn1-c1ccccc1F. The minimum atomic E-state index is -0.299. The van der Waals surface area contributed by atoms with Crippen molar-refractivity contribution in [2.75, 3.05) is 13.2 Å². The van der Waals surface area contributed by atoms with Gasteiger partial charge in [-0.2, -0.15) is 0 Å². The van der Waals surface area contributed by atoms with Gasteiger partial charge in [0.05, 0.1) is 30.1 Å². The van der Waals surface area contributed by atoms with Crippen LogP contribution in [0.1, 0.15) is 23.5 Å². The van der Waals surface area contributed by atoms with Crippen LogP contribution in [-0.4, -0.2) is 37.8 Å². The molecule has 3 aromatic rings. The lowest BCUT2D eigenvalue weighted by Crippen LogP contribution is -2.33. The molecule has 0 spiro atoms. The Labute approximate surface area is 162 Å². The first-order chi connectivity index (χ1) is 13.2. The molecule has 0 amide bonds. The van der Waals surface area contributed by atoms with E-state index >= 15 is 0 Å². The average Bonchev–Trinajstić information content (AvgIpc) is 3.28. The molecule has 0 unspecified atom stereocenters. The molecule has 138 valence electrons. The summed E-state index contributed by atoms with van der Waals surface area (Å²) in [5, 5.41) is 13.4. The summed E-state index contributed by atoms with van der Waals surface area (Å²) in [6.45, 7) is 0.343. The molecule has 4 rings (SSSR count). The third-order valence-corrected chi connectivity index (χ3v) is 5.09. The van der Waals surface area contributed by atoms with E-state index < -0.39 is 0 Å². The molecule has 27 heavy (non-hydrogen) atoms. The maximum absolute atomic E-state index is 14.4. The van der Waals surface area contributed by atoms with E-state index in [4.69, 9.17) is 12.2 Å². The van der Waals surface area contributed by atoms with Crippen LogP contribution in [0.2, 0.25) is 0 Å². The smallest absolute Gasteiger partial charge is 0.170 e. The summed E-state index contributed by atoms with van der Waals surface area (Å²) < 4.78 is 16.3. The molecule has 1 saturated heterocycles. The number of thiocarbonyl (C=S) groups is 1. The third kappa shape index (κ3) is 3.20. The summed E-state index contributed by atoms with van der Waals surface area (Å²) in [6, 6.07) is 15.8. The number of rotatable bonds is 5. The molecule has 1 aromatic carbocycles. The van der Waals surface area contributed by atoms with E-state index in [1.807, 2.05) is 46.0 Å². The van der Waals surface area contributed by atoms with Crippen molar-refractivity contribution in [2.24, 2.45) is 0 Å². The van der Waals surface area contributed by atoms with Gasteiger partial charge < -0.3 is 19.9 Å². The maximum Gasteiger partial charge on any atom is 0.170 e. The summed E-state index contributed by atoms with van der Waals surface area (Å²) in [7, 11) is 0. The molecule has 7 heteroatoms. The molecule has 2 atom stereocenters. The Kier molecular flexibility index (Phi) is 4.87. The number of pyridine rings is 1. The highest BCUT2D eigenvalue weighted by atomic mass is 32.1. The molecule has 1 fully saturated rings. The van der Waals surface area contributed by atoms with Crippen molar-refractivity contribution in [1.29, 1.82) is 0 Å². The summed E-state index contributed by atoms with van der Waals surface area (Å²) in [6.07, 6.45) is 3.57. The molecular formula is C20H19FN4OS. The van der Waals surface area contributed by atoms with E-state index in [1.54, 1.807) is 24.4 Å². The second kappa shape index (κ2) is 7.46.